The molecule has 0 aliphatic rings. The van der Waals surface area contributed by atoms with Gasteiger partial charge in [-0.2, -0.15) is 0 Å². The average Bonchev–Trinajstić information content (AvgIpc) is 2.75. The van der Waals surface area contributed by atoms with E-state index in [1.54, 1.807) is 0 Å². The summed E-state index contributed by atoms with van der Waals surface area (Å²) >= 11 is 0. The number of aryl methyl sites for hydroxylation is 2. The molecule has 0 radical (unpaired) electrons. The van der Waals surface area contributed by atoms with Crippen LogP contribution in [0, 0.1) is 42.2 Å². The molecule has 0 fully saturated rings. The summed E-state index contributed by atoms with van der Waals surface area (Å²) in [7, 11) is 0. The van der Waals surface area contributed by atoms with Crippen LogP contribution in [-0.2, 0) is 6.42 Å². The fraction of sp³-hybridized carbons (Fsp3) is 0.214. The van der Waals surface area contributed by atoms with Crippen molar-refractivity contribution in [3.8, 4) is 23.7 Å². The molecular weight excluding hydrogens is 374 g/mol. The van der Waals surface area contributed by atoms with Crippen LogP contribution in [0.3, 0.4) is 0 Å². The monoisotopic (exact) mass is 398 g/mol. The number of hydrogen-bond acceptors (Lipinski definition) is 0. The Hall–Kier alpha value is -3.36. The summed E-state index contributed by atoms with van der Waals surface area (Å²) in [6.45, 7) is 4.16. The normalized spacial score (nSPS) is 10.0. The molecule has 3 rings (SSSR count). The van der Waals surface area contributed by atoms with Crippen LogP contribution in [0.25, 0.3) is 0 Å². The van der Waals surface area contributed by atoms with Crippen molar-refractivity contribution in [1.82, 2.24) is 0 Å². The van der Waals surface area contributed by atoms with Gasteiger partial charge in [0.15, 0.2) is 0 Å². The minimum Gasteiger partial charge on any atom is -0.206 e. The fourth-order valence-electron chi connectivity index (χ4n) is 2.99. The Morgan fingerprint density at radius 1 is 0.667 bits per heavy atom. The van der Waals surface area contributed by atoms with E-state index in [0.29, 0.717) is 0 Å². The molecule has 0 nitrogen and oxygen atoms in total. The summed E-state index contributed by atoms with van der Waals surface area (Å²) in [6.07, 6.45) is 4.64. The molecule has 0 aliphatic carbocycles. The van der Waals surface area contributed by atoms with Gasteiger partial charge in [-0.1, -0.05) is 73.3 Å². The van der Waals surface area contributed by atoms with Gasteiger partial charge in [-0.3, -0.25) is 0 Å². The summed E-state index contributed by atoms with van der Waals surface area (Å²) in [5.41, 5.74) is 3.96. The zero-order valence-electron chi connectivity index (χ0n) is 17.4. The first-order valence-corrected chi connectivity index (χ1v) is 10.2. The average molecular weight is 398 g/mol. The lowest BCUT2D eigenvalue weighted by molar-refractivity contribution is 0.594. The highest BCUT2D eigenvalue weighted by atomic mass is 19.1. The van der Waals surface area contributed by atoms with Crippen LogP contribution < -0.4 is 0 Å². The summed E-state index contributed by atoms with van der Waals surface area (Å²) in [4.78, 5) is 0. The van der Waals surface area contributed by atoms with E-state index in [1.165, 1.54) is 24.8 Å². The van der Waals surface area contributed by atoms with Gasteiger partial charge in [-0.15, -0.1) is 0 Å². The Balaban J connectivity index is 1.74. The van der Waals surface area contributed by atoms with Crippen LogP contribution in [0.15, 0.2) is 60.7 Å². The number of benzene rings is 3. The van der Waals surface area contributed by atoms with Gasteiger partial charge in [-0.05, 0) is 61.7 Å². The van der Waals surface area contributed by atoms with E-state index in [0.717, 1.165) is 35.2 Å². The molecule has 0 spiro atoms. The lowest BCUT2D eigenvalue weighted by Crippen LogP contribution is -1.92. The summed E-state index contributed by atoms with van der Waals surface area (Å²) in [6, 6.07) is 17.7. The van der Waals surface area contributed by atoms with Gasteiger partial charge < -0.3 is 0 Å². The predicted octanol–water partition coefficient (Wildman–Crippen LogP) is 6.81. The summed E-state index contributed by atoms with van der Waals surface area (Å²) in [5.74, 6) is 10.1. The van der Waals surface area contributed by atoms with Gasteiger partial charge in [-0.25, -0.2) is 8.78 Å². The topological polar surface area (TPSA) is 0 Å². The molecule has 150 valence electrons. The molecule has 3 aromatic carbocycles. The Labute approximate surface area is 178 Å². The highest BCUT2D eigenvalue weighted by Gasteiger charge is 2.07. The van der Waals surface area contributed by atoms with Crippen molar-refractivity contribution < 1.29 is 8.78 Å². The van der Waals surface area contributed by atoms with Crippen LogP contribution >= 0.6 is 0 Å². The van der Waals surface area contributed by atoms with Crippen LogP contribution in [0.2, 0.25) is 0 Å². The smallest absolute Gasteiger partial charge is 0.140 e. The molecule has 0 saturated heterocycles. The third-order valence-corrected chi connectivity index (χ3v) is 4.81. The quantitative estimate of drug-likeness (QED) is 0.335. The molecule has 0 saturated carbocycles. The molecule has 0 heterocycles. The highest BCUT2D eigenvalue weighted by molar-refractivity contribution is 5.49. The zero-order valence-corrected chi connectivity index (χ0v) is 17.4. The second-order valence-electron chi connectivity index (χ2n) is 7.33. The summed E-state index contributed by atoms with van der Waals surface area (Å²) < 4.78 is 28.8. The predicted molar refractivity (Wildman–Crippen MR) is 119 cm³/mol. The van der Waals surface area contributed by atoms with Crippen molar-refractivity contribution in [3.05, 3.63) is 106 Å². The molecule has 2 heteroatoms. The van der Waals surface area contributed by atoms with Crippen molar-refractivity contribution in [2.24, 2.45) is 0 Å². The number of hydrogen-bond donors (Lipinski definition) is 0. The van der Waals surface area contributed by atoms with Crippen LogP contribution in [0.1, 0.15) is 59.6 Å². The second kappa shape index (κ2) is 10.4. The first-order chi connectivity index (χ1) is 14.5. The van der Waals surface area contributed by atoms with Crippen molar-refractivity contribution in [2.45, 2.75) is 39.5 Å². The lowest BCUT2D eigenvalue weighted by atomic mass is 10.0. The van der Waals surface area contributed by atoms with Crippen LogP contribution in [0.4, 0.5) is 8.78 Å². The highest BCUT2D eigenvalue weighted by Crippen LogP contribution is 2.15. The van der Waals surface area contributed by atoms with Crippen molar-refractivity contribution in [1.29, 1.82) is 0 Å². The third kappa shape index (κ3) is 6.07. The van der Waals surface area contributed by atoms with E-state index >= 15 is 0 Å². The Bertz CT molecular complexity index is 1120. The fourth-order valence-corrected chi connectivity index (χ4v) is 2.99. The standard InChI is InChI=1S/C28H24F2/c1-3-4-5-6-22-11-13-24(14-12-22)16-18-26-20-27(29)25(19-28(26)30)17-15-23-9-7-21(2)8-10-23/h7-14,19-20H,3-6H2,1-2H3. The molecule has 30 heavy (non-hydrogen) atoms. The van der Waals surface area contributed by atoms with E-state index < -0.39 is 11.6 Å². The second-order valence-corrected chi connectivity index (χ2v) is 7.33. The lowest BCUT2D eigenvalue weighted by Gasteiger charge is -2.01. The van der Waals surface area contributed by atoms with Crippen molar-refractivity contribution in [2.75, 3.05) is 0 Å². The van der Waals surface area contributed by atoms with Gasteiger partial charge in [0, 0.05) is 11.1 Å². The Kier molecular flexibility index (Phi) is 7.42. The summed E-state index contributed by atoms with van der Waals surface area (Å²) in [5, 5.41) is 0. The molecule has 0 aliphatic heterocycles. The van der Waals surface area contributed by atoms with Gasteiger partial charge >= 0.3 is 0 Å². The minimum absolute atomic E-state index is 0.0232. The Morgan fingerprint density at radius 3 is 1.67 bits per heavy atom. The number of rotatable bonds is 4. The van der Waals surface area contributed by atoms with Crippen molar-refractivity contribution in [3.63, 3.8) is 0 Å². The van der Waals surface area contributed by atoms with Crippen molar-refractivity contribution >= 4 is 0 Å². The minimum atomic E-state index is -0.577. The largest absolute Gasteiger partial charge is 0.206 e. The molecule has 0 N–H and O–H groups in total. The van der Waals surface area contributed by atoms with Crippen LogP contribution in [0.5, 0.6) is 0 Å². The van der Waals surface area contributed by atoms with E-state index in [4.69, 9.17) is 0 Å². The molecule has 0 aromatic heterocycles. The van der Waals surface area contributed by atoms with E-state index in [-0.39, 0.29) is 11.1 Å². The van der Waals surface area contributed by atoms with E-state index in [2.05, 4.69) is 30.6 Å². The SMILES string of the molecule is CCCCCc1ccc(C#Cc2cc(F)c(C#Cc3ccc(C)cc3)cc2F)cc1. The molecule has 3 aromatic rings. The number of unbranched alkanes of at least 4 members (excludes halogenated alkanes) is 2. The van der Waals surface area contributed by atoms with Gasteiger partial charge in [0.05, 0.1) is 11.1 Å². The zero-order chi connectivity index (χ0) is 21.3. The number of halogens is 2. The maximum absolute atomic E-state index is 14.4. The van der Waals surface area contributed by atoms with E-state index in [9.17, 15) is 8.78 Å². The molecule has 0 unspecified atom stereocenters. The maximum Gasteiger partial charge on any atom is 0.140 e. The molecule has 0 amide bonds. The Morgan fingerprint density at radius 2 is 1.17 bits per heavy atom. The van der Waals surface area contributed by atoms with Gasteiger partial charge in [0.1, 0.15) is 11.6 Å². The van der Waals surface area contributed by atoms with Crippen LogP contribution in [-0.4, -0.2) is 0 Å². The van der Waals surface area contributed by atoms with Gasteiger partial charge in [0.2, 0.25) is 0 Å². The molecular formula is C28H24F2. The van der Waals surface area contributed by atoms with Gasteiger partial charge in [0.25, 0.3) is 0 Å². The molecule has 0 atom stereocenters. The first-order valence-electron chi connectivity index (χ1n) is 10.2. The maximum atomic E-state index is 14.4. The third-order valence-electron chi connectivity index (χ3n) is 4.81. The first kappa shape index (κ1) is 21.4. The van der Waals surface area contributed by atoms with E-state index in [1.807, 2.05) is 55.5 Å². The molecule has 0 bridgehead atoms.